The largest absolute Gasteiger partial charge is 0.385 e. The van der Waals surface area contributed by atoms with Crippen LogP contribution in [0, 0.1) is 13.8 Å². The molecule has 0 amide bonds. The molecule has 0 saturated carbocycles. The van der Waals surface area contributed by atoms with E-state index in [1.54, 1.807) is 7.11 Å². The van der Waals surface area contributed by atoms with E-state index >= 15 is 0 Å². The molecular weight excluding hydrogens is 228 g/mol. The zero-order valence-electron chi connectivity index (χ0n) is 11.9. The van der Waals surface area contributed by atoms with Crippen LogP contribution in [0.4, 0.5) is 0 Å². The normalized spacial score (nSPS) is 10.9. The van der Waals surface area contributed by atoms with Crippen LogP contribution in [-0.2, 0) is 17.8 Å². The quantitative estimate of drug-likeness (QED) is 0.750. The van der Waals surface area contributed by atoms with Crippen molar-refractivity contribution in [2.45, 2.75) is 40.3 Å². The van der Waals surface area contributed by atoms with Crippen LogP contribution < -0.4 is 10.9 Å². The van der Waals surface area contributed by atoms with Crippen molar-refractivity contribution >= 4 is 0 Å². The minimum absolute atomic E-state index is 0.129. The van der Waals surface area contributed by atoms with Crippen LogP contribution in [0.5, 0.6) is 0 Å². The summed E-state index contributed by atoms with van der Waals surface area (Å²) in [5.41, 5.74) is 3.10. The standard InChI is InChI=1S/C14H24N2O2/c1-5-15-10-13-11(2)9-12(3)16(14(13)17)7-6-8-18-4/h9,15H,5-8,10H2,1-4H3. The summed E-state index contributed by atoms with van der Waals surface area (Å²) < 4.78 is 6.88. The number of nitrogens with one attached hydrogen (secondary N) is 1. The number of pyridine rings is 1. The van der Waals surface area contributed by atoms with E-state index in [2.05, 4.69) is 11.4 Å². The Bertz CT molecular complexity index is 438. The van der Waals surface area contributed by atoms with E-state index in [4.69, 9.17) is 4.74 Å². The fourth-order valence-electron chi connectivity index (χ4n) is 2.08. The maximum atomic E-state index is 12.4. The molecular formula is C14H24N2O2. The minimum atomic E-state index is 0.129. The van der Waals surface area contributed by atoms with Gasteiger partial charge in [-0.2, -0.15) is 0 Å². The Hall–Kier alpha value is -1.13. The number of rotatable bonds is 7. The third-order valence-corrected chi connectivity index (χ3v) is 3.11. The molecule has 1 rings (SSSR count). The molecule has 1 N–H and O–H groups in total. The summed E-state index contributed by atoms with van der Waals surface area (Å²) in [6.07, 6.45) is 0.862. The van der Waals surface area contributed by atoms with Gasteiger partial charge in [-0.25, -0.2) is 0 Å². The van der Waals surface area contributed by atoms with Gasteiger partial charge in [0, 0.05) is 38.1 Å². The monoisotopic (exact) mass is 252 g/mol. The lowest BCUT2D eigenvalue weighted by Gasteiger charge is -2.14. The zero-order chi connectivity index (χ0) is 13.5. The SMILES string of the molecule is CCNCc1c(C)cc(C)n(CCCOC)c1=O. The number of ether oxygens (including phenoxy) is 1. The molecule has 0 saturated heterocycles. The molecule has 0 spiro atoms. The van der Waals surface area contributed by atoms with E-state index in [9.17, 15) is 4.79 Å². The number of hydrogen-bond acceptors (Lipinski definition) is 3. The molecule has 0 aliphatic heterocycles. The van der Waals surface area contributed by atoms with E-state index in [1.807, 2.05) is 25.3 Å². The maximum absolute atomic E-state index is 12.4. The number of hydrogen-bond donors (Lipinski definition) is 1. The summed E-state index contributed by atoms with van der Waals surface area (Å²) in [6, 6.07) is 2.08. The molecule has 0 unspecified atom stereocenters. The third-order valence-electron chi connectivity index (χ3n) is 3.11. The fourth-order valence-corrected chi connectivity index (χ4v) is 2.08. The van der Waals surface area contributed by atoms with Crippen LogP contribution in [0.3, 0.4) is 0 Å². The Morgan fingerprint density at radius 3 is 2.72 bits per heavy atom. The van der Waals surface area contributed by atoms with Crippen molar-refractivity contribution < 1.29 is 4.74 Å². The van der Waals surface area contributed by atoms with Crippen LogP contribution in [0.15, 0.2) is 10.9 Å². The van der Waals surface area contributed by atoms with Gasteiger partial charge in [0.15, 0.2) is 0 Å². The molecule has 0 bridgehead atoms. The first-order valence-corrected chi connectivity index (χ1v) is 6.51. The van der Waals surface area contributed by atoms with Crippen LogP contribution >= 0.6 is 0 Å². The van der Waals surface area contributed by atoms with E-state index in [1.165, 1.54) is 0 Å². The Kier molecular flexibility index (Phi) is 6.09. The first kappa shape index (κ1) is 14.9. The summed E-state index contributed by atoms with van der Waals surface area (Å²) in [6.45, 7) is 8.95. The molecule has 0 fully saturated rings. The Morgan fingerprint density at radius 2 is 2.11 bits per heavy atom. The van der Waals surface area contributed by atoms with Gasteiger partial charge in [-0.1, -0.05) is 6.92 Å². The van der Waals surface area contributed by atoms with Crippen molar-refractivity contribution in [3.63, 3.8) is 0 Å². The first-order valence-electron chi connectivity index (χ1n) is 6.51. The molecule has 0 aromatic carbocycles. The summed E-state index contributed by atoms with van der Waals surface area (Å²) in [4.78, 5) is 12.4. The molecule has 4 nitrogen and oxygen atoms in total. The second-order valence-electron chi connectivity index (χ2n) is 4.53. The van der Waals surface area contributed by atoms with Crippen molar-refractivity contribution in [2.24, 2.45) is 0 Å². The van der Waals surface area contributed by atoms with E-state index < -0.39 is 0 Å². The number of aryl methyl sites for hydroxylation is 2. The van der Waals surface area contributed by atoms with Crippen molar-refractivity contribution in [3.05, 3.63) is 33.2 Å². The highest BCUT2D eigenvalue weighted by Gasteiger charge is 2.09. The Balaban J connectivity index is 2.98. The summed E-state index contributed by atoms with van der Waals surface area (Å²) in [5, 5.41) is 3.22. The smallest absolute Gasteiger partial charge is 0.255 e. The second kappa shape index (κ2) is 7.34. The fraction of sp³-hybridized carbons (Fsp3) is 0.643. The van der Waals surface area contributed by atoms with Gasteiger partial charge in [0.1, 0.15) is 0 Å². The molecule has 1 aromatic rings. The average Bonchev–Trinajstić information content (AvgIpc) is 2.33. The average molecular weight is 252 g/mol. The summed E-state index contributed by atoms with van der Waals surface area (Å²) >= 11 is 0. The number of nitrogens with zero attached hydrogens (tertiary/aromatic N) is 1. The zero-order valence-corrected chi connectivity index (χ0v) is 11.9. The van der Waals surface area contributed by atoms with Crippen LogP contribution in [0.25, 0.3) is 0 Å². The van der Waals surface area contributed by atoms with Crippen LogP contribution in [-0.4, -0.2) is 24.8 Å². The lowest BCUT2D eigenvalue weighted by atomic mass is 10.1. The molecule has 0 radical (unpaired) electrons. The van der Waals surface area contributed by atoms with Crippen LogP contribution in [0.2, 0.25) is 0 Å². The Morgan fingerprint density at radius 1 is 1.39 bits per heavy atom. The lowest BCUT2D eigenvalue weighted by molar-refractivity contribution is 0.189. The van der Waals surface area contributed by atoms with E-state index in [0.717, 1.165) is 36.3 Å². The van der Waals surface area contributed by atoms with Crippen molar-refractivity contribution in [1.29, 1.82) is 0 Å². The predicted octanol–water partition coefficient (Wildman–Crippen LogP) is 1.61. The van der Waals surface area contributed by atoms with Gasteiger partial charge < -0.3 is 14.6 Å². The van der Waals surface area contributed by atoms with E-state index in [0.29, 0.717) is 13.2 Å². The topological polar surface area (TPSA) is 43.3 Å². The minimum Gasteiger partial charge on any atom is -0.385 e. The van der Waals surface area contributed by atoms with Gasteiger partial charge >= 0.3 is 0 Å². The van der Waals surface area contributed by atoms with Gasteiger partial charge in [-0.3, -0.25) is 4.79 Å². The highest BCUT2D eigenvalue weighted by atomic mass is 16.5. The molecule has 4 heteroatoms. The molecule has 18 heavy (non-hydrogen) atoms. The van der Waals surface area contributed by atoms with Crippen molar-refractivity contribution in [2.75, 3.05) is 20.3 Å². The molecule has 1 heterocycles. The van der Waals surface area contributed by atoms with Crippen molar-refractivity contribution in [1.82, 2.24) is 9.88 Å². The third kappa shape index (κ3) is 3.68. The van der Waals surface area contributed by atoms with Gasteiger partial charge in [0.25, 0.3) is 5.56 Å². The summed E-state index contributed by atoms with van der Waals surface area (Å²) in [5.74, 6) is 0. The lowest BCUT2D eigenvalue weighted by Crippen LogP contribution is -2.30. The number of methoxy groups -OCH3 is 1. The summed E-state index contributed by atoms with van der Waals surface area (Å²) in [7, 11) is 1.68. The highest BCUT2D eigenvalue weighted by molar-refractivity contribution is 5.26. The van der Waals surface area contributed by atoms with E-state index in [-0.39, 0.29) is 5.56 Å². The molecule has 0 aliphatic rings. The van der Waals surface area contributed by atoms with Gasteiger partial charge in [0.2, 0.25) is 0 Å². The molecule has 102 valence electrons. The first-order chi connectivity index (χ1) is 8.61. The van der Waals surface area contributed by atoms with Gasteiger partial charge in [0.05, 0.1) is 0 Å². The van der Waals surface area contributed by atoms with Gasteiger partial charge in [-0.15, -0.1) is 0 Å². The van der Waals surface area contributed by atoms with Gasteiger partial charge in [-0.05, 0) is 38.4 Å². The van der Waals surface area contributed by atoms with Crippen LogP contribution in [0.1, 0.15) is 30.2 Å². The maximum Gasteiger partial charge on any atom is 0.255 e. The second-order valence-corrected chi connectivity index (χ2v) is 4.53. The molecule has 1 aromatic heterocycles. The predicted molar refractivity (Wildman–Crippen MR) is 74.0 cm³/mol. The molecule has 0 aliphatic carbocycles. The number of aromatic nitrogens is 1. The van der Waals surface area contributed by atoms with Crippen molar-refractivity contribution in [3.8, 4) is 0 Å². The highest BCUT2D eigenvalue weighted by Crippen LogP contribution is 2.07. The Labute approximate surface area is 109 Å². The molecule has 0 atom stereocenters.